The summed E-state index contributed by atoms with van der Waals surface area (Å²) in [6.07, 6.45) is 0. The van der Waals surface area contributed by atoms with Gasteiger partial charge in [0.25, 0.3) is 11.5 Å². The van der Waals surface area contributed by atoms with Crippen molar-refractivity contribution in [2.24, 2.45) is 0 Å². The first-order chi connectivity index (χ1) is 17.5. The molecule has 2 aromatic carbocycles. The zero-order valence-electron chi connectivity index (χ0n) is 19.6. The molecule has 1 aliphatic heterocycles. The van der Waals surface area contributed by atoms with Crippen LogP contribution in [0.3, 0.4) is 0 Å². The van der Waals surface area contributed by atoms with E-state index in [0.717, 1.165) is 11.3 Å². The number of hydrogen-bond donors (Lipinski definition) is 0. The number of fused-ring (bicyclic) bond motifs is 1. The first-order valence-electron chi connectivity index (χ1n) is 11.4. The third-order valence-electron chi connectivity index (χ3n) is 5.90. The molecule has 4 aromatic rings. The number of carbonyl (C=O) groups is 1. The number of rotatable bonds is 7. The second-order valence-electron chi connectivity index (χ2n) is 8.32. The van der Waals surface area contributed by atoms with Crippen LogP contribution in [0.4, 0.5) is 0 Å². The molecule has 11 heteroatoms. The maximum absolute atomic E-state index is 12.7. The van der Waals surface area contributed by atoms with Crippen LogP contribution in [0.2, 0.25) is 5.02 Å². The second kappa shape index (κ2) is 10.7. The summed E-state index contributed by atoms with van der Waals surface area (Å²) >= 11 is 7.44. The van der Waals surface area contributed by atoms with Crippen molar-refractivity contribution in [1.82, 2.24) is 24.4 Å². The summed E-state index contributed by atoms with van der Waals surface area (Å²) in [7, 11) is 1.60. The summed E-state index contributed by atoms with van der Waals surface area (Å²) < 4.78 is 12.1. The number of halogens is 1. The van der Waals surface area contributed by atoms with Crippen molar-refractivity contribution >= 4 is 33.8 Å². The van der Waals surface area contributed by atoms with E-state index in [9.17, 15) is 9.59 Å². The van der Waals surface area contributed by atoms with Crippen LogP contribution in [0.5, 0.6) is 11.5 Å². The molecule has 1 fully saturated rings. The number of nitrogens with zero attached hydrogens (tertiary/aromatic N) is 5. The summed E-state index contributed by atoms with van der Waals surface area (Å²) in [5.74, 6) is 1.30. The highest BCUT2D eigenvalue weighted by molar-refractivity contribution is 7.19. The summed E-state index contributed by atoms with van der Waals surface area (Å²) in [4.78, 5) is 34.4. The van der Waals surface area contributed by atoms with E-state index in [4.69, 9.17) is 21.1 Å². The smallest absolute Gasteiger partial charge is 0.275 e. The van der Waals surface area contributed by atoms with Gasteiger partial charge in [0.15, 0.2) is 6.61 Å². The van der Waals surface area contributed by atoms with Gasteiger partial charge in [0.1, 0.15) is 16.5 Å². The molecule has 0 saturated carbocycles. The highest BCUT2D eigenvalue weighted by Gasteiger charge is 2.22. The molecular formula is C25H24ClN5O4S. The van der Waals surface area contributed by atoms with Crippen LogP contribution < -0.4 is 15.0 Å². The van der Waals surface area contributed by atoms with Crippen molar-refractivity contribution in [3.05, 3.63) is 75.7 Å². The topological polar surface area (TPSA) is 89.3 Å². The van der Waals surface area contributed by atoms with Crippen molar-refractivity contribution in [3.63, 3.8) is 0 Å². The van der Waals surface area contributed by atoms with Crippen molar-refractivity contribution in [2.45, 2.75) is 6.54 Å². The summed E-state index contributed by atoms with van der Waals surface area (Å²) in [6.45, 7) is 3.07. The van der Waals surface area contributed by atoms with Gasteiger partial charge in [0.2, 0.25) is 4.96 Å². The summed E-state index contributed by atoms with van der Waals surface area (Å²) in [5, 5.41) is 5.71. The molecule has 3 heterocycles. The average molecular weight is 526 g/mol. The molecule has 36 heavy (non-hydrogen) atoms. The van der Waals surface area contributed by atoms with Crippen LogP contribution in [0.25, 0.3) is 15.5 Å². The van der Waals surface area contributed by atoms with Gasteiger partial charge >= 0.3 is 0 Å². The molecular weight excluding hydrogens is 502 g/mol. The Kier molecular flexibility index (Phi) is 7.17. The molecule has 186 valence electrons. The van der Waals surface area contributed by atoms with Crippen molar-refractivity contribution in [1.29, 1.82) is 0 Å². The van der Waals surface area contributed by atoms with Crippen LogP contribution >= 0.6 is 22.9 Å². The van der Waals surface area contributed by atoms with Gasteiger partial charge in [0.05, 0.1) is 12.8 Å². The number of aromatic nitrogens is 3. The number of ether oxygens (including phenoxy) is 2. The molecule has 0 bridgehead atoms. The van der Waals surface area contributed by atoms with E-state index in [2.05, 4.69) is 15.0 Å². The van der Waals surface area contributed by atoms with Gasteiger partial charge in [-0.25, -0.2) is 4.98 Å². The molecule has 0 aliphatic carbocycles. The Bertz CT molecular complexity index is 1430. The Hall–Kier alpha value is -3.47. The number of carbonyl (C=O) groups excluding carboxylic acids is 1. The van der Waals surface area contributed by atoms with Gasteiger partial charge in [-0.3, -0.25) is 14.5 Å². The SMILES string of the molecule is COc1ccc(OCC(=O)N2CCN(Cc3cc(=O)n4nc(-c5cccc(Cl)c5)sc4n3)CC2)cc1. The molecule has 0 radical (unpaired) electrons. The lowest BCUT2D eigenvalue weighted by atomic mass is 10.2. The number of piperazine rings is 1. The van der Waals surface area contributed by atoms with E-state index in [-0.39, 0.29) is 18.1 Å². The van der Waals surface area contributed by atoms with Gasteiger partial charge in [-0.2, -0.15) is 9.61 Å². The molecule has 1 amide bonds. The molecule has 1 aliphatic rings. The van der Waals surface area contributed by atoms with Crippen molar-refractivity contribution in [2.75, 3.05) is 39.9 Å². The van der Waals surface area contributed by atoms with E-state index in [1.807, 2.05) is 18.2 Å². The molecule has 0 spiro atoms. The van der Waals surface area contributed by atoms with Gasteiger partial charge in [-0.15, -0.1) is 0 Å². The summed E-state index contributed by atoms with van der Waals surface area (Å²) in [6, 6.07) is 16.0. The minimum Gasteiger partial charge on any atom is -0.497 e. The third kappa shape index (κ3) is 5.51. The molecule has 0 atom stereocenters. The first kappa shape index (κ1) is 24.2. The van der Waals surface area contributed by atoms with Gasteiger partial charge in [-0.1, -0.05) is 35.1 Å². The zero-order valence-corrected chi connectivity index (χ0v) is 21.2. The van der Waals surface area contributed by atoms with Crippen LogP contribution in [-0.2, 0) is 11.3 Å². The third-order valence-corrected chi connectivity index (χ3v) is 7.09. The van der Waals surface area contributed by atoms with Gasteiger partial charge in [0, 0.05) is 49.4 Å². The molecule has 0 unspecified atom stereocenters. The van der Waals surface area contributed by atoms with Crippen molar-refractivity contribution < 1.29 is 14.3 Å². The van der Waals surface area contributed by atoms with E-state index < -0.39 is 0 Å². The standard InChI is InChI=1S/C25H24ClN5O4S/c1-34-20-5-7-21(8-6-20)35-16-23(33)30-11-9-29(10-12-30)15-19-14-22(32)31-25(27-19)36-24(28-31)17-3-2-4-18(26)13-17/h2-8,13-14H,9-12,15-16H2,1H3. The lowest BCUT2D eigenvalue weighted by Crippen LogP contribution is -2.49. The largest absolute Gasteiger partial charge is 0.497 e. The van der Waals surface area contributed by atoms with Crippen LogP contribution in [0.1, 0.15) is 5.69 Å². The minimum atomic E-state index is -0.218. The Morgan fingerprint density at radius 1 is 1.06 bits per heavy atom. The van der Waals surface area contributed by atoms with E-state index in [1.54, 1.807) is 42.3 Å². The van der Waals surface area contributed by atoms with E-state index >= 15 is 0 Å². The van der Waals surface area contributed by atoms with Gasteiger partial charge in [-0.05, 0) is 36.4 Å². The molecule has 2 aromatic heterocycles. The predicted molar refractivity (Wildman–Crippen MR) is 138 cm³/mol. The van der Waals surface area contributed by atoms with E-state index in [0.29, 0.717) is 59.2 Å². The monoisotopic (exact) mass is 525 g/mol. The number of hydrogen-bond acceptors (Lipinski definition) is 8. The second-order valence-corrected chi connectivity index (χ2v) is 9.71. The molecule has 0 N–H and O–H groups in total. The number of amides is 1. The first-order valence-corrected chi connectivity index (χ1v) is 12.6. The quantitative estimate of drug-likeness (QED) is 0.366. The maximum Gasteiger partial charge on any atom is 0.275 e. The fourth-order valence-corrected chi connectivity index (χ4v) is 5.08. The van der Waals surface area contributed by atoms with Crippen LogP contribution in [-0.4, -0.2) is 70.2 Å². The highest BCUT2D eigenvalue weighted by atomic mass is 35.5. The highest BCUT2D eigenvalue weighted by Crippen LogP contribution is 2.26. The number of methoxy groups -OCH3 is 1. The molecule has 1 saturated heterocycles. The van der Waals surface area contributed by atoms with Crippen LogP contribution in [0, 0.1) is 0 Å². The van der Waals surface area contributed by atoms with Gasteiger partial charge < -0.3 is 14.4 Å². The Morgan fingerprint density at radius 2 is 1.81 bits per heavy atom. The van der Waals surface area contributed by atoms with Crippen molar-refractivity contribution in [3.8, 4) is 22.1 Å². The fourth-order valence-electron chi connectivity index (χ4n) is 3.97. The fraction of sp³-hybridized carbons (Fsp3) is 0.280. The minimum absolute atomic E-state index is 0.0122. The predicted octanol–water partition coefficient (Wildman–Crippen LogP) is 3.20. The Labute approximate surface area is 216 Å². The Morgan fingerprint density at radius 3 is 2.53 bits per heavy atom. The normalized spacial score (nSPS) is 14.2. The molecule has 9 nitrogen and oxygen atoms in total. The zero-order chi connectivity index (χ0) is 25.1. The lowest BCUT2D eigenvalue weighted by Gasteiger charge is -2.34. The molecule has 5 rings (SSSR count). The van der Waals surface area contributed by atoms with E-state index in [1.165, 1.54) is 21.9 Å². The number of benzene rings is 2. The average Bonchev–Trinajstić information content (AvgIpc) is 3.33. The summed E-state index contributed by atoms with van der Waals surface area (Å²) in [5.41, 5.74) is 1.31. The van der Waals surface area contributed by atoms with Crippen LogP contribution in [0.15, 0.2) is 59.4 Å². The Balaban J connectivity index is 1.17. The maximum atomic E-state index is 12.7. The lowest BCUT2D eigenvalue weighted by molar-refractivity contribution is -0.135.